The van der Waals surface area contributed by atoms with Crippen LogP contribution < -0.4 is 5.43 Å². The molecule has 1 aromatic heterocycles. The second-order valence-corrected chi connectivity index (χ2v) is 3.82. The molecule has 0 atom stereocenters. The first-order valence-electron chi connectivity index (χ1n) is 5.27. The molecule has 19 heavy (non-hydrogen) atoms. The van der Waals surface area contributed by atoms with Crippen LogP contribution in [0, 0.1) is 11.6 Å². The molecule has 0 saturated heterocycles. The fourth-order valence-electron chi connectivity index (χ4n) is 1.87. The van der Waals surface area contributed by atoms with Crippen LogP contribution in [-0.2, 0) is 6.54 Å². The minimum absolute atomic E-state index is 0.151. The molecule has 0 aliphatic carbocycles. The number of hydrogen-bond donors (Lipinski definition) is 1. The molecule has 1 heterocycles. The third-order valence-electron chi connectivity index (χ3n) is 2.68. The Morgan fingerprint density at radius 3 is 2.42 bits per heavy atom. The number of carboxylic acid groups (broad SMARTS) is 1. The second kappa shape index (κ2) is 4.75. The predicted molar refractivity (Wildman–Crippen MR) is 61.1 cm³/mol. The number of halogens is 3. The van der Waals surface area contributed by atoms with Crippen molar-refractivity contribution >= 4 is 16.9 Å². The monoisotopic (exact) mass is 271 g/mol. The van der Waals surface area contributed by atoms with Gasteiger partial charge < -0.3 is 9.67 Å². The standard InChI is InChI=1S/C12H8F3NO3/c13-1-2-16-9-4-8(15)7(14)3-6(9)11(17)5-10(16)12(18)19/h3-5H,1-2H2,(H,18,19). The molecule has 100 valence electrons. The summed E-state index contributed by atoms with van der Waals surface area (Å²) in [6.45, 7) is -1.28. The third-order valence-corrected chi connectivity index (χ3v) is 2.68. The molecule has 1 N–H and O–H groups in total. The number of carboxylic acids is 1. The number of aromatic carboxylic acids is 1. The first-order chi connectivity index (χ1) is 8.95. The Morgan fingerprint density at radius 1 is 1.21 bits per heavy atom. The zero-order chi connectivity index (χ0) is 14.2. The molecule has 0 aliphatic heterocycles. The SMILES string of the molecule is O=C(O)c1cc(=O)c2cc(F)c(F)cc2n1CCF. The maximum absolute atomic E-state index is 13.2. The summed E-state index contributed by atoms with van der Waals surface area (Å²) in [5, 5.41) is 8.75. The molecule has 0 spiro atoms. The quantitative estimate of drug-likeness (QED) is 0.928. The van der Waals surface area contributed by atoms with Gasteiger partial charge in [-0.3, -0.25) is 4.79 Å². The van der Waals surface area contributed by atoms with Gasteiger partial charge in [0.1, 0.15) is 12.4 Å². The number of aromatic nitrogens is 1. The van der Waals surface area contributed by atoms with E-state index in [0.717, 1.165) is 10.6 Å². The summed E-state index contributed by atoms with van der Waals surface area (Å²) < 4.78 is 39.7. The lowest BCUT2D eigenvalue weighted by Gasteiger charge is -2.13. The van der Waals surface area contributed by atoms with E-state index in [2.05, 4.69) is 0 Å². The van der Waals surface area contributed by atoms with E-state index in [1.165, 1.54) is 0 Å². The van der Waals surface area contributed by atoms with Crippen molar-refractivity contribution in [2.24, 2.45) is 0 Å². The number of aryl methyl sites for hydroxylation is 1. The molecule has 2 rings (SSSR count). The van der Waals surface area contributed by atoms with Gasteiger partial charge in [-0.05, 0) is 6.07 Å². The average molecular weight is 271 g/mol. The summed E-state index contributed by atoms with van der Waals surface area (Å²) in [5.74, 6) is -3.90. The van der Waals surface area contributed by atoms with E-state index < -0.39 is 35.4 Å². The summed E-state index contributed by atoms with van der Waals surface area (Å²) in [7, 11) is 0. The number of benzene rings is 1. The number of alkyl halides is 1. The first kappa shape index (κ1) is 13.1. The van der Waals surface area contributed by atoms with Crippen LogP contribution in [0.5, 0.6) is 0 Å². The topological polar surface area (TPSA) is 59.3 Å². The summed E-state index contributed by atoms with van der Waals surface area (Å²) in [6, 6.07) is 2.12. The van der Waals surface area contributed by atoms with Gasteiger partial charge in [0.15, 0.2) is 17.1 Å². The Labute approximate surface area is 104 Å². The average Bonchev–Trinajstić information content (AvgIpc) is 2.35. The summed E-state index contributed by atoms with van der Waals surface area (Å²) in [4.78, 5) is 22.7. The minimum Gasteiger partial charge on any atom is -0.477 e. The van der Waals surface area contributed by atoms with Gasteiger partial charge in [-0.25, -0.2) is 18.0 Å². The van der Waals surface area contributed by atoms with Crippen molar-refractivity contribution < 1.29 is 23.1 Å². The van der Waals surface area contributed by atoms with E-state index in [4.69, 9.17) is 5.11 Å². The van der Waals surface area contributed by atoms with Crippen LogP contribution in [0.4, 0.5) is 13.2 Å². The molecule has 0 radical (unpaired) electrons. The van der Waals surface area contributed by atoms with Crippen LogP contribution in [0.25, 0.3) is 10.9 Å². The highest BCUT2D eigenvalue weighted by Crippen LogP contribution is 2.18. The molecule has 0 fully saturated rings. The molecule has 0 unspecified atom stereocenters. The number of hydrogen-bond acceptors (Lipinski definition) is 2. The summed E-state index contributed by atoms with van der Waals surface area (Å²) in [6.07, 6.45) is 0. The van der Waals surface area contributed by atoms with Crippen LogP contribution in [0.1, 0.15) is 10.5 Å². The second-order valence-electron chi connectivity index (χ2n) is 3.82. The lowest BCUT2D eigenvalue weighted by atomic mass is 10.1. The van der Waals surface area contributed by atoms with E-state index >= 15 is 0 Å². The van der Waals surface area contributed by atoms with Crippen molar-refractivity contribution in [3.05, 3.63) is 45.8 Å². The van der Waals surface area contributed by atoms with Gasteiger partial charge >= 0.3 is 5.97 Å². The highest BCUT2D eigenvalue weighted by Gasteiger charge is 2.16. The largest absolute Gasteiger partial charge is 0.477 e. The first-order valence-corrected chi connectivity index (χ1v) is 5.27. The normalized spacial score (nSPS) is 10.9. The molecule has 1 aromatic carbocycles. The Morgan fingerprint density at radius 2 is 1.84 bits per heavy atom. The van der Waals surface area contributed by atoms with Crippen LogP contribution in [-0.4, -0.2) is 22.3 Å². The molecular formula is C12H8F3NO3. The van der Waals surface area contributed by atoms with Gasteiger partial charge in [0.05, 0.1) is 12.1 Å². The Balaban J connectivity index is 2.94. The van der Waals surface area contributed by atoms with Crippen LogP contribution in [0.3, 0.4) is 0 Å². The molecule has 4 nitrogen and oxygen atoms in total. The number of rotatable bonds is 3. The van der Waals surface area contributed by atoms with Gasteiger partial charge in [-0.2, -0.15) is 0 Å². The van der Waals surface area contributed by atoms with E-state index in [9.17, 15) is 22.8 Å². The van der Waals surface area contributed by atoms with E-state index in [1.54, 1.807) is 0 Å². The fraction of sp³-hybridized carbons (Fsp3) is 0.167. The third kappa shape index (κ3) is 2.18. The van der Waals surface area contributed by atoms with E-state index in [0.29, 0.717) is 12.1 Å². The van der Waals surface area contributed by atoms with E-state index in [1.807, 2.05) is 0 Å². The zero-order valence-corrected chi connectivity index (χ0v) is 9.49. The van der Waals surface area contributed by atoms with Crippen molar-refractivity contribution in [2.75, 3.05) is 6.67 Å². The number of carbonyl (C=O) groups is 1. The van der Waals surface area contributed by atoms with Crippen LogP contribution in [0.2, 0.25) is 0 Å². The van der Waals surface area contributed by atoms with Crippen LogP contribution >= 0.6 is 0 Å². The minimum atomic E-state index is -1.45. The molecule has 0 saturated carbocycles. The molecule has 0 bridgehead atoms. The number of nitrogens with zero attached hydrogens (tertiary/aromatic N) is 1. The molecule has 7 heteroatoms. The molecule has 2 aromatic rings. The maximum Gasteiger partial charge on any atom is 0.352 e. The van der Waals surface area contributed by atoms with Crippen molar-refractivity contribution in [1.82, 2.24) is 4.57 Å². The molecule has 0 aliphatic rings. The smallest absolute Gasteiger partial charge is 0.352 e. The lowest BCUT2D eigenvalue weighted by molar-refractivity contribution is 0.0684. The highest BCUT2D eigenvalue weighted by atomic mass is 19.2. The van der Waals surface area contributed by atoms with Crippen LogP contribution in [0.15, 0.2) is 23.0 Å². The lowest BCUT2D eigenvalue weighted by Crippen LogP contribution is -2.19. The van der Waals surface area contributed by atoms with Gasteiger partial charge in [-0.15, -0.1) is 0 Å². The van der Waals surface area contributed by atoms with Gasteiger partial charge in [0.25, 0.3) is 0 Å². The predicted octanol–water partition coefficient (Wildman–Crippen LogP) is 1.95. The zero-order valence-electron chi connectivity index (χ0n) is 9.49. The van der Waals surface area contributed by atoms with Gasteiger partial charge in [-0.1, -0.05) is 0 Å². The van der Waals surface area contributed by atoms with Crippen molar-refractivity contribution in [2.45, 2.75) is 6.54 Å². The van der Waals surface area contributed by atoms with Crippen molar-refractivity contribution in [3.8, 4) is 0 Å². The molecular weight excluding hydrogens is 263 g/mol. The number of fused-ring (bicyclic) bond motifs is 1. The Kier molecular flexibility index (Phi) is 3.28. The molecule has 0 amide bonds. The van der Waals surface area contributed by atoms with Crippen molar-refractivity contribution in [3.63, 3.8) is 0 Å². The highest BCUT2D eigenvalue weighted by molar-refractivity contribution is 5.90. The summed E-state index contributed by atoms with van der Waals surface area (Å²) >= 11 is 0. The van der Waals surface area contributed by atoms with Gasteiger partial charge in [0, 0.05) is 17.5 Å². The summed E-state index contributed by atoms with van der Waals surface area (Å²) in [5.41, 5.74) is -1.39. The van der Waals surface area contributed by atoms with Crippen molar-refractivity contribution in [1.29, 1.82) is 0 Å². The Hall–Kier alpha value is -2.31. The Bertz CT molecular complexity index is 724. The fourth-order valence-corrected chi connectivity index (χ4v) is 1.87. The maximum atomic E-state index is 13.2. The number of pyridine rings is 1. The van der Waals surface area contributed by atoms with E-state index in [-0.39, 0.29) is 17.4 Å². The van der Waals surface area contributed by atoms with Gasteiger partial charge in [0.2, 0.25) is 0 Å².